The SMILES string of the molecule is Cc1nccn1CCn1cccc(N)c1=O. The van der Waals surface area contributed by atoms with E-state index in [2.05, 4.69) is 4.98 Å². The molecule has 0 aliphatic rings. The minimum Gasteiger partial charge on any atom is -0.394 e. The van der Waals surface area contributed by atoms with Crippen LogP contribution in [0.5, 0.6) is 0 Å². The van der Waals surface area contributed by atoms with Gasteiger partial charge in [0, 0.05) is 31.7 Å². The predicted octanol–water partition coefficient (Wildman–Crippen LogP) is 0.636. The summed E-state index contributed by atoms with van der Waals surface area (Å²) in [5.74, 6) is 0.942. The van der Waals surface area contributed by atoms with Crippen LogP contribution in [0, 0.1) is 6.92 Å². The third-order valence-corrected chi connectivity index (χ3v) is 2.56. The van der Waals surface area contributed by atoms with Crippen molar-refractivity contribution in [3.63, 3.8) is 0 Å². The highest BCUT2D eigenvalue weighted by molar-refractivity contribution is 5.33. The molecule has 0 aromatic carbocycles. The van der Waals surface area contributed by atoms with E-state index in [0.29, 0.717) is 6.54 Å². The number of nitrogens with zero attached hydrogens (tertiary/aromatic N) is 3. The van der Waals surface area contributed by atoms with Crippen molar-refractivity contribution < 1.29 is 0 Å². The summed E-state index contributed by atoms with van der Waals surface area (Å²) in [7, 11) is 0. The second-order valence-electron chi connectivity index (χ2n) is 3.63. The lowest BCUT2D eigenvalue weighted by Gasteiger charge is -2.08. The van der Waals surface area contributed by atoms with E-state index < -0.39 is 0 Å². The van der Waals surface area contributed by atoms with Gasteiger partial charge in [-0.3, -0.25) is 4.79 Å². The Bertz CT molecular complexity index is 541. The molecule has 0 spiro atoms. The third kappa shape index (κ3) is 1.98. The number of imidazole rings is 1. The predicted molar refractivity (Wildman–Crippen MR) is 62.1 cm³/mol. The van der Waals surface area contributed by atoms with E-state index in [4.69, 9.17) is 5.73 Å². The molecule has 0 saturated carbocycles. The number of nitrogen functional groups attached to an aromatic ring is 1. The van der Waals surface area contributed by atoms with E-state index in [0.717, 1.165) is 12.4 Å². The lowest BCUT2D eigenvalue weighted by molar-refractivity contribution is 0.556. The highest BCUT2D eigenvalue weighted by Crippen LogP contribution is 1.97. The number of anilines is 1. The van der Waals surface area contributed by atoms with Crippen LogP contribution in [-0.2, 0) is 13.1 Å². The number of pyridine rings is 1. The van der Waals surface area contributed by atoms with Gasteiger partial charge in [0.05, 0.1) is 5.69 Å². The molecule has 16 heavy (non-hydrogen) atoms. The monoisotopic (exact) mass is 218 g/mol. The van der Waals surface area contributed by atoms with Crippen LogP contribution in [-0.4, -0.2) is 14.1 Å². The number of hydrogen-bond acceptors (Lipinski definition) is 3. The van der Waals surface area contributed by atoms with E-state index in [-0.39, 0.29) is 11.2 Å². The first-order valence-corrected chi connectivity index (χ1v) is 5.11. The highest BCUT2D eigenvalue weighted by Gasteiger charge is 2.00. The molecule has 84 valence electrons. The van der Waals surface area contributed by atoms with Crippen LogP contribution in [0.15, 0.2) is 35.5 Å². The minimum atomic E-state index is -0.139. The van der Waals surface area contributed by atoms with Crippen molar-refractivity contribution in [2.24, 2.45) is 0 Å². The smallest absolute Gasteiger partial charge is 0.273 e. The quantitative estimate of drug-likeness (QED) is 0.822. The first kappa shape index (κ1) is 10.5. The second kappa shape index (κ2) is 4.22. The molecule has 0 amide bonds. The Morgan fingerprint density at radius 2 is 2.06 bits per heavy atom. The molecule has 2 rings (SSSR count). The van der Waals surface area contributed by atoms with Gasteiger partial charge < -0.3 is 14.9 Å². The van der Waals surface area contributed by atoms with Crippen molar-refractivity contribution in [3.8, 4) is 0 Å². The first-order chi connectivity index (χ1) is 7.68. The summed E-state index contributed by atoms with van der Waals surface area (Å²) in [5.41, 5.74) is 5.69. The summed E-state index contributed by atoms with van der Waals surface area (Å²) in [6.45, 7) is 3.25. The zero-order chi connectivity index (χ0) is 11.5. The molecule has 2 heterocycles. The number of rotatable bonds is 3. The zero-order valence-electron chi connectivity index (χ0n) is 9.13. The Kier molecular flexibility index (Phi) is 2.76. The summed E-state index contributed by atoms with van der Waals surface area (Å²) in [5, 5.41) is 0. The van der Waals surface area contributed by atoms with Gasteiger partial charge in [0.25, 0.3) is 5.56 Å². The highest BCUT2D eigenvalue weighted by atomic mass is 16.1. The van der Waals surface area contributed by atoms with Crippen LogP contribution in [0.25, 0.3) is 0 Å². The molecular weight excluding hydrogens is 204 g/mol. The van der Waals surface area contributed by atoms with Gasteiger partial charge in [-0.05, 0) is 19.1 Å². The van der Waals surface area contributed by atoms with Gasteiger partial charge in [-0.25, -0.2) is 4.98 Å². The molecule has 0 atom stereocenters. The van der Waals surface area contributed by atoms with Crippen molar-refractivity contribution in [1.29, 1.82) is 0 Å². The van der Waals surface area contributed by atoms with Crippen molar-refractivity contribution in [2.45, 2.75) is 20.0 Å². The van der Waals surface area contributed by atoms with E-state index in [1.54, 1.807) is 29.1 Å². The summed E-state index contributed by atoms with van der Waals surface area (Å²) >= 11 is 0. The Morgan fingerprint density at radius 1 is 1.31 bits per heavy atom. The Labute approximate surface area is 93.2 Å². The zero-order valence-corrected chi connectivity index (χ0v) is 9.13. The van der Waals surface area contributed by atoms with Gasteiger partial charge in [-0.15, -0.1) is 0 Å². The average Bonchev–Trinajstić information content (AvgIpc) is 2.67. The van der Waals surface area contributed by atoms with E-state index in [1.165, 1.54) is 0 Å². The number of aromatic nitrogens is 3. The summed E-state index contributed by atoms with van der Waals surface area (Å²) in [6, 6.07) is 3.39. The van der Waals surface area contributed by atoms with Crippen LogP contribution in [0.1, 0.15) is 5.82 Å². The molecule has 0 unspecified atom stereocenters. The fraction of sp³-hybridized carbons (Fsp3) is 0.273. The molecule has 0 fully saturated rings. The third-order valence-electron chi connectivity index (χ3n) is 2.56. The van der Waals surface area contributed by atoms with E-state index >= 15 is 0 Å². The van der Waals surface area contributed by atoms with Crippen LogP contribution in [0.2, 0.25) is 0 Å². The van der Waals surface area contributed by atoms with Gasteiger partial charge in [-0.1, -0.05) is 0 Å². The van der Waals surface area contributed by atoms with Gasteiger partial charge in [0.15, 0.2) is 0 Å². The summed E-state index contributed by atoms with van der Waals surface area (Å²) in [6.07, 6.45) is 5.38. The largest absolute Gasteiger partial charge is 0.394 e. The molecular formula is C11H14N4O. The van der Waals surface area contributed by atoms with Crippen molar-refractivity contribution >= 4 is 5.69 Å². The lowest BCUT2D eigenvalue weighted by Crippen LogP contribution is -2.24. The molecule has 2 N–H and O–H groups in total. The molecule has 0 radical (unpaired) electrons. The van der Waals surface area contributed by atoms with Gasteiger partial charge >= 0.3 is 0 Å². The Morgan fingerprint density at radius 3 is 2.75 bits per heavy atom. The van der Waals surface area contributed by atoms with Gasteiger partial charge in [0.1, 0.15) is 5.82 Å². The van der Waals surface area contributed by atoms with Crippen molar-refractivity contribution in [2.75, 3.05) is 5.73 Å². The number of aryl methyl sites for hydroxylation is 3. The maximum atomic E-state index is 11.6. The first-order valence-electron chi connectivity index (χ1n) is 5.11. The number of hydrogen-bond donors (Lipinski definition) is 1. The van der Waals surface area contributed by atoms with Crippen LogP contribution < -0.4 is 11.3 Å². The summed E-state index contributed by atoms with van der Waals surface area (Å²) in [4.78, 5) is 15.7. The Hall–Kier alpha value is -2.04. The van der Waals surface area contributed by atoms with Gasteiger partial charge in [-0.2, -0.15) is 0 Å². The maximum absolute atomic E-state index is 11.6. The minimum absolute atomic E-state index is 0.139. The lowest BCUT2D eigenvalue weighted by atomic mass is 10.4. The van der Waals surface area contributed by atoms with Gasteiger partial charge in [0.2, 0.25) is 0 Å². The fourth-order valence-electron chi connectivity index (χ4n) is 1.59. The topological polar surface area (TPSA) is 65.8 Å². The molecule has 0 aliphatic carbocycles. The van der Waals surface area contributed by atoms with E-state index in [9.17, 15) is 4.79 Å². The van der Waals surface area contributed by atoms with E-state index in [1.807, 2.05) is 17.7 Å². The maximum Gasteiger partial charge on any atom is 0.273 e. The normalized spacial score (nSPS) is 10.6. The van der Waals surface area contributed by atoms with Crippen molar-refractivity contribution in [1.82, 2.24) is 14.1 Å². The molecule has 5 nitrogen and oxygen atoms in total. The fourth-order valence-corrected chi connectivity index (χ4v) is 1.59. The number of nitrogens with two attached hydrogens (primary N) is 1. The standard InChI is InChI=1S/C11H14N4O/c1-9-13-4-6-14(9)7-8-15-5-2-3-10(12)11(15)16/h2-6H,7-8,12H2,1H3. The Balaban J connectivity index is 2.14. The van der Waals surface area contributed by atoms with Crippen molar-refractivity contribution in [3.05, 3.63) is 46.9 Å². The van der Waals surface area contributed by atoms with Crippen LogP contribution in [0.3, 0.4) is 0 Å². The van der Waals surface area contributed by atoms with Crippen LogP contribution in [0.4, 0.5) is 5.69 Å². The second-order valence-corrected chi connectivity index (χ2v) is 3.63. The molecule has 0 bridgehead atoms. The molecule has 0 aliphatic heterocycles. The summed E-state index contributed by atoms with van der Waals surface area (Å²) < 4.78 is 3.60. The average molecular weight is 218 g/mol. The molecule has 5 heteroatoms. The van der Waals surface area contributed by atoms with Crippen LogP contribution >= 0.6 is 0 Å². The molecule has 2 aromatic heterocycles. The molecule has 2 aromatic rings. The molecule has 0 saturated heterocycles.